The fourth-order valence-electron chi connectivity index (χ4n) is 4.60. The Bertz CT molecular complexity index is 1130. The summed E-state index contributed by atoms with van der Waals surface area (Å²) in [5, 5.41) is 5.78. The number of nitrogens with one attached hydrogen (secondary N) is 1. The van der Waals surface area contributed by atoms with Crippen molar-refractivity contribution in [3.8, 4) is 0 Å². The number of carbonyl (C=O) groups excluding carboxylic acids is 2. The number of nitrogens with zero attached hydrogens (tertiary/aromatic N) is 4. The van der Waals surface area contributed by atoms with E-state index in [0.717, 1.165) is 34.3 Å². The zero-order chi connectivity index (χ0) is 21.4. The maximum absolute atomic E-state index is 13.2. The molecule has 1 saturated heterocycles. The minimum absolute atomic E-state index is 0.0290. The number of carbonyl (C=O) groups is 2. The van der Waals surface area contributed by atoms with Crippen LogP contribution < -0.4 is 0 Å². The van der Waals surface area contributed by atoms with E-state index in [-0.39, 0.29) is 11.8 Å². The summed E-state index contributed by atoms with van der Waals surface area (Å²) >= 11 is 0. The number of hydrogen-bond donors (Lipinski definition) is 1. The van der Waals surface area contributed by atoms with Crippen molar-refractivity contribution in [1.29, 1.82) is 0 Å². The highest BCUT2D eigenvalue weighted by Gasteiger charge is 2.28. The minimum Gasteiger partial charge on any atom is -0.378 e. The molecule has 0 unspecified atom stereocenters. The van der Waals surface area contributed by atoms with Crippen LogP contribution in [0, 0.1) is 0 Å². The van der Waals surface area contributed by atoms with Gasteiger partial charge in [-0.25, -0.2) is 0 Å². The fraction of sp³-hybridized carbons (Fsp3) is 0.435. The van der Waals surface area contributed by atoms with Crippen LogP contribution in [0.15, 0.2) is 30.5 Å². The molecule has 2 aromatic heterocycles. The van der Waals surface area contributed by atoms with Gasteiger partial charge in [0.25, 0.3) is 5.91 Å². The molecule has 0 atom stereocenters. The van der Waals surface area contributed by atoms with E-state index in [1.165, 1.54) is 0 Å². The maximum Gasteiger partial charge on any atom is 0.254 e. The van der Waals surface area contributed by atoms with Crippen molar-refractivity contribution >= 4 is 22.7 Å². The molecule has 3 aromatic rings. The van der Waals surface area contributed by atoms with Gasteiger partial charge < -0.3 is 19.5 Å². The molecule has 0 bridgehead atoms. The number of rotatable bonds is 4. The SMILES string of the molecule is Cn1nc(CCC(=O)N2CCOCC2)c2c1CCN(C(=O)c1ccc3cc[nH]c3c1)C2. The summed E-state index contributed by atoms with van der Waals surface area (Å²) in [4.78, 5) is 32.7. The van der Waals surface area contributed by atoms with Gasteiger partial charge >= 0.3 is 0 Å². The molecule has 162 valence electrons. The van der Waals surface area contributed by atoms with Crippen LogP contribution in [-0.4, -0.2) is 69.2 Å². The Morgan fingerprint density at radius 2 is 1.97 bits per heavy atom. The maximum atomic E-state index is 13.2. The molecule has 2 amide bonds. The first kappa shape index (κ1) is 19.8. The highest BCUT2D eigenvalue weighted by atomic mass is 16.5. The highest BCUT2D eigenvalue weighted by molar-refractivity contribution is 5.98. The number of aromatic nitrogens is 3. The van der Waals surface area contributed by atoms with E-state index in [9.17, 15) is 9.59 Å². The number of fused-ring (bicyclic) bond motifs is 2. The first-order valence-corrected chi connectivity index (χ1v) is 10.9. The van der Waals surface area contributed by atoms with Crippen molar-refractivity contribution < 1.29 is 14.3 Å². The number of hydrogen-bond acceptors (Lipinski definition) is 4. The lowest BCUT2D eigenvalue weighted by atomic mass is 10.0. The Kier molecular flexibility index (Phi) is 5.23. The summed E-state index contributed by atoms with van der Waals surface area (Å²) < 4.78 is 7.24. The molecule has 8 nitrogen and oxygen atoms in total. The lowest BCUT2D eigenvalue weighted by Gasteiger charge is -2.28. The molecule has 0 radical (unpaired) electrons. The molecule has 2 aliphatic heterocycles. The second-order valence-electron chi connectivity index (χ2n) is 8.25. The van der Waals surface area contributed by atoms with Gasteiger partial charge in [-0.05, 0) is 23.6 Å². The summed E-state index contributed by atoms with van der Waals surface area (Å²) in [6.45, 7) is 3.73. The average molecular weight is 422 g/mol. The number of aromatic amines is 1. The van der Waals surface area contributed by atoms with Gasteiger partial charge in [-0.1, -0.05) is 6.07 Å². The number of H-pyrrole nitrogens is 1. The van der Waals surface area contributed by atoms with Crippen molar-refractivity contribution in [2.24, 2.45) is 7.05 Å². The summed E-state index contributed by atoms with van der Waals surface area (Å²) in [6.07, 6.45) is 3.68. The van der Waals surface area contributed by atoms with Gasteiger partial charge in [0.1, 0.15) is 0 Å². The van der Waals surface area contributed by atoms with Gasteiger partial charge in [0.05, 0.1) is 18.9 Å². The second kappa shape index (κ2) is 8.19. The molecular weight excluding hydrogens is 394 g/mol. The predicted octanol–water partition coefficient (Wildman–Crippen LogP) is 1.89. The molecule has 0 spiro atoms. The smallest absolute Gasteiger partial charge is 0.254 e. The molecule has 8 heteroatoms. The Labute approximate surface area is 180 Å². The van der Waals surface area contributed by atoms with Crippen molar-refractivity contribution in [2.75, 3.05) is 32.8 Å². The molecule has 1 aromatic carbocycles. The largest absolute Gasteiger partial charge is 0.378 e. The minimum atomic E-state index is 0.0290. The van der Waals surface area contributed by atoms with Gasteiger partial charge in [-0.15, -0.1) is 0 Å². The lowest BCUT2D eigenvalue weighted by molar-refractivity contribution is -0.135. The molecule has 1 fully saturated rings. The van der Waals surface area contributed by atoms with Gasteiger partial charge in [0.2, 0.25) is 5.91 Å². The van der Waals surface area contributed by atoms with Crippen molar-refractivity contribution in [2.45, 2.75) is 25.8 Å². The standard InChI is InChI=1S/C23H27N5O3/c1-26-21-7-9-28(23(30)17-3-2-16-6-8-24-20(16)14-17)15-18(21)19(25-26)4-5-22(29)27-10-12-31-13-11-27/h2-3,6,8,14,24H,4-5,7,9-13,15H2,1H3. The zero-order valence-corrected chi connectivity index (χ0v) is 17.8. The third kappa shape index (κ3) is 3.83. The third-order valence-corrected chi connectivity index (χ3v) is 6.35. The lowest BCUT2D eigenvalue weighted by Crippen LogP contribution is -2.40. The van der Waals surface area contributed by atoms with Crippen LogP contribution in [0.4, 0.5) is 0 Å². The number of ether oxygens (including phenoxy) is 1. The Morgan fingerprint density at radius 3 is 2.81 bits per heavy atom. The quantitative estimate of drug-likeness (QED) is 0.697. The number of amides is 2. The third-order valence-electron chi connectivity index (χ3n) is 6.35. The summed E-state index contributed by atoms with van der Waals surface area (Å²) in [5.41, 5.74) is 4.84. The van der Waals surface area contributed by atoms with Crippen molar-refractivity contribution in [3.63, 3.8) is 0 Å². The van der Waals surface area contributed by atoms with Gasteiger partial charge in [0, 0.05) is 81.0 Å². The fourth-order valence-corrected chi connectivity index (χ4v) is 4.60. The molecule has 0 aliphatic carbocycles. The molecule has 4 heterocycles. The summed E-state index contributed by atoms with van der Waals surface area (Å²) in [7, 11) is 1.95. The van der Waals surface area contributed by atoms with Crippen LogP contribution in [0.5, 0.6) is 0 Å². The highest BCUT2D eigenvalue weighted by Crippen LogP contribution is 2.25. The Balaban J connectivity index is 1.30. The number of aryl methyl sites for hydroxylation is 2. The van der Waals surface area contributed by atoms with Crippen LogP contribution in [0.3, 0.4) is 0 Å². The van der Waals surface area contributed by atoms with E-state index >= 15 is 0 Å². The van der Waals surface area contributed by atoms with E-state index in [0.29, 0.717) is 57.8 Å². The average Bonchev–Trinajstić information content (AvgIpc) is 3.41. The predicted molar refractivity (Wildman–Crippen MR) is 116 cm³/mol. The monoisotopic (exact) mass is 421 g/mol. The molecule has 1 N–H and O–H groups in total. The van der Waals surface area contributed by atoms with E-state index in [1.54, 1.807) is 0 Å². The van der Waals surface area contributed by atoms with E-state index in [1.807, 2.05) is 52.0 Å². The normalized spacial score (nSPS) is 16.5. The van der Waals surface area contributed by atoms with Crippen LogP contribution in [-0.2, 0) is 36.0 Å². The van der Waals surface area contributed by atoms with Crippen LogP contribution >= 0.6 is 0 Å². The molecular formula is C23H27N5O3. The van der Waals surface area contributed by atoms with Gasteiger partial charge in [-0.2, -0.15) is 5.10 Å². The summed E-state index contributed by atoms with van der Waals surface area (Å²) in [6, 6.07) is 7.77. The first-order chi connectivity index (χ1) is 15.1. The summed E-state index contributed by atoms with van der Waals surface area (Å²) in [5.74, 6) is 0.173. The van der Waals surface area contributed by atoms with Gasteiger partial charge in [0.15, 0.2) is 0 Å². The van der Waals surface area contributed by atoms with Crippen LogP contribution in [0.2, 0.25) is 0 Å². The number of morpholine rings is 1. The van der Waals surface area contributed by atoms with E-state index in [2.05, 4.69) is 10.1 Å². The van der Waals surface area contributed by atoms with E-state index in [4.69, 9.17) is 4.74 Å². The molecule has 31 heavy (non-hydrogen) atoms. The second-order valence-corrected chi connectivity index (χ2v) is 8.25. The molecule has 5 rings (SSSR count). The van der Waals surface area contributed by atoms with Crippen molar-refractivity contribution in [1.82, 2.24) is 24.6 Å². The van der Waals surface area contributed by atoms with E-state index < -0.39 is 0 Å². The van der Waals surface area contributed by atoms with Crippen LogP contribution in [0.1, 0.15) is 33.7 Å². The molecule has 2 aliphatic rings. The van der Waals surface area contributed by atoms with Gasteiger partial charge in [-0.3, -0.25) is 14.3 Å². The zero-order valence-electron chi connectivity index (χ0n) is 17.8. The van der Waals surface area contributed by atoms with Crippen molar-refractivity contribution in [3.05, 3.63) is 53.0 Å². The topological polar surface area (TPSA) is 83.5 Å². The Hall–Kier alpha value is -3.13. The number of benzene rings is 1. The Morgan fingerprint density at radius 1 is 1.13 bits per heavy atom. The van der Waals surface area contributed by atoms with Crippen LogP contribution in [0.25, 0.3) is 10.9 Å². The first-order valence-electron chi connectivity index (χ1n) is 10.9. The molecule has 0 saturated carbocycles.